The number of ether oxygens (including phenoxy) is 1. The number of hydrogen-bond donors (Lipinski definition) is 1. The average Bonchev–Trinajstić information content (AvgIpc) is 2.41. The van der Waals surface area contributed by atoms with Crippen molar-refractivity contribution in [1.82, 2.24) is 15.3 Å². The third kappa shape index (κ3) is 3.77. The van der Waals surface area contributed by atoms with Gasteiger partial charge in [-0.05, 0) is 25.2 Å². The standard InChI is InChI=1S/C15H18BrN3O/c1-10(2)15-18-9-14(13(19-15)8-17-3)20-12-6-4-5-11(16)7-12/h4-7,9-10,17H,8H2,1-3H3. The normalized spacial score (nSPS) is 10.8. The van der Waals surface area contributed by atoms with E-state index in [9.17, 15) is 0 Å². The molecule has 0 spiro atoms. The van der Waals surface area contributed by atoms with Gasteiger partial charge in [0.15, 0.2) is 5.75 Å². The molecule has 0 saturated heterocycles. The van der Waals surface area contributed by atoms with Crippen molar-refractivity contribution >= 4 is 15.9 Å². The molecule has 2 aromatic rings. The minimum absolute atomic E-state index is 0.297. The van der Waals surface area contributed by atoms with Gasteiger partial charge in [0.1, 0.15) is 17.3 Å². The summed E-state index contributed by atoms with van der Waals surface area (Å²) in [6.45, 7) is 4.80. The third-order valence-corrected chi connectivity index (χ3v) is 3.23. The molecule has 20 heavy (non-hydrogen) atoms. The van der Waals surface area contributed by atoms with E-state index in [0.717, 1.165) is 21.7 Å². The highest BCUT2D eigenvalue weighted by atomic mass is 79.9. The molecule has 1 heterocycles. The largest absolute Gasteiger partial charge is 0.454 e. The molecule has 106 valence electrons. The van der Waals surface area contributed by atoms with Crippen molar-refractivity contribution in [3.05, 3.63) is 46.5 Å². The molecule has 1 N–H and O–H groups in total. The number of aromatic nitrogens is 2. The molecule has 4 nitrogen and oxygen atoms in total. The quantitative estimate of drug-likeness (QED) is 0.900. The summed E-state index contributed by atoms with van der Waals surface area (Å²) < 4.78 is 6.86. The monoisotopic (exact) mass is 335 g/mol. The fourth-order valence-corrected chi connectivity index (χ4v) is 2.11. The minimum Gasteiger partial charge on any atom is -0.454 e. The van der Waals surface area contributed by atoms with Crippen LogP contribution in [0.2, 0.25) is 0 Å². The average molecular weight is 336 g/mol. The lowest BCUT2D eigenvalue weighted by Crippen LogP contribution is -2.11. The number of nitrogens with zero attached hydrogens (tertiary/aromatic N) is 2. The predicted octanol–water partition coefficient (Wildman–Crippen LogP) is 3.87. The molecule has 0 aliphatic rings. The molecule has 0 saturated carbocycles. The van der Waals surface area contributed by atoms with Crippen LogP contribution in [-0.2, 0) is 6.54 Å². The van der Waals surface area contributed by atoms with Gasteiger partial charge in [-0.2, -0.15) is 0 Å². The molecule has 0 atom stereocenters. The number of nitrogens with one attached hydrogen (secondary N) is 1. The molecule has 2 rings (SSSR count). The second-order valence-electron chi connectivity index (χ2n) is 4.78. The molecule has 0 unspecified atom stereocenters. The van der Waals surface area contributed by atoms with E-state index >= 15 is 0 Å². The Balaban J connectivity index is 2.30. The van der Waals surface area contributed by atoms with E-state index in [1.54, 1.807) is 6.20 Å². The first kappa shape index (κ1) is 14.9. The molecule has 0 amide bonds. The molecule has 0 aliphatic carbocycles. The minimum atomic E-state index is 0.297. The first-order valence-electron chi connectivity index (χ1n) is 6.54. The highest BCUT2D eigenvalue weighted by Crippen LogP contribution is 2.26. The Morgan fingerprint density at radius 2 is 2.15 bits per heavy atom. The lowest BCUT2D eigenvalue weighted by atomic mass is 10.2. The molecule has 0 bridgehead atoms. The van der Waals surface area contributed by atoms with Gasteiger partial charge in [-0.1, -0.05) is 35.8 Å². The van der Waals surface area contributed by atoms with Gasteiger partial charge >= 0.3 is 0 Å². The summed E-state index contributed by atoms with van der Waals surface area (Å²) in [6.07, 6.45) is 1.75. The summed E-state index contributed by atoms with van der Waals surface area (Å²) in [7, 11) is 1.89. The number of halogens is 1. The van der Waals surface area contributed by atoms with Gasteiger partial charge in [-0.15, -0.1) is 0 Å². The molecular formula is C15H18BrN3O. The molecule has 0 aliphatic heterocycles. The van der Waals surface area contributed by atoms with Gasteiger partial charge in [-0.25, -0.2) is 9.97 Å². The predicted molar refractivity (Wildman–Crippen MR) is 83.1 cm³/mol. The Morgan fingerprint density at radius 1 is 1.35 bits per heavy atom. The van der Waals surface area contributed by atoms with Crippen molar-refractivity contribution in [2.24, 2.45) is 0 Å². The Hall–Kier alpha value is -1.46. The fraction of sp³-hybridized carbons (Fsp3) is 0.333. The van der Waals surface area contributed by atoms with E-state index in [0.29, 0.717) is 18.2 Å². The van der Waals surface area contributed by atoms with Crippen LogP contribution in [0, 0.1) is 0 Å². The van der Waals surface area contributed by atoms with E-state index in [1.807, 2.05) is 31.3 Å². The van der Waals surface area contributed by atoms with Crippen LogP contribution in [0.15, 0.2) is 34.9 Å². The van der Waals surface area contributed by atoms with Crippen LogP contribution in [-0.4, -0.2) is 17.0 Å². The van der Waals surface area contributed by atoms with E-state index in [2.05, 4.69) is 45.1 Å². The summed E-state index contributed by atoms with van der Waals surface area (Å²) in [5.41, 5.74) is 0.867. The first-order chi connectivity index (χ1) is 9.60. The van der Waals surface area contributed by atoms with Crippen LogP contribution in [0.3, 0.4) is 0 Å². The molecule has 5 heteroatoms. The Morgan fingerprint density at radius 3 is 2.80 bits per heavy atom. The topological polar surface area (TPSA) is 47.0 Å². The number of hydrogen-bond acceptors (Lipinski definition) is 4. The van der Waals surface area contributed by atoms with Crippen LogP contribution in [0.25, 0.3) is 0 Å². The summed E-state index contributed by atoms with van der Waals surface area (Å²) >= 11 is 3.43. The van der Waals surface area contributed by atoms with Gasteiger partial charge in [0, 0.05) is 16.9 Å². The van der Waals surface area contributed by atoms with Crippen molar-refractivity contribution in [3.63, 3.8) is 0 Å². The maximum absolute atomic E-state index is 5.88. The van der Waals surface area contributed by atoms with Gasteiger partial charge in [0.05, 0.1) is 6.20 Å². The fourth-order valence-electron chi connectivity index (χ4n) is 1.74. The number of rotatable bonds is 5. The van der Waals surface area contributed by atoms with E-state index in [-0.39, 0.29) is 0 Å². The summed E-state index contributed by atoms with van der Waals surface area (Å²) in [5, 5.41) is 3.11. The Kier molecular flexibility index (Phi) is 5.09. The maximum atomic E-state index is 5.88. The van der Waals surface area contributed by atoms with Crippen molar-refractivity contribution in [3.8, 4) is 11.5 Å². The second kappa shape index (κ2) is 6.81. The summed E-state index contributed by atoms with van der Waals surface area (Å²) in [5.74, 6) is 2.57. The van der Waals surface area contributed by atoms with Crippen LogP contribution in [0.5, 0.6) is 11.5 Å². The zero-order valence-corrected chi connectivity index (χ0v) is 13.4. The molecule has 0 radical (unpaired) electrons. The molecule has 0 fully saturated rings. The number of benzene rings is 1. The van der Waals surface area contributed by atoms with Crippen LogP contribution in [0.4, 0.5) is 0 Å². The van der Waals surface area contributed by atoms with E-state index in [4.69, 9.17) is 4.74 Å². The van der Waals surface area contributed by atoms with Gasteiger partial charge in [0.25, 0.3) is 0 Å². The zero-order chi connectivity index (χ0) is 14.5. The second-order valence-corrected chi connectivity index (χ2v) is 5.70. The highest BCUT2D eigenvalue weighted by molar-refractivity contribution is 9.10. The van der Waals surface area contributed by atoms with Crippen molar-refractivity contribution < 1.29 is 4.74 Å². The zero-order valence-electron chi connectivity index (χ0n) is 11.9. The maximum Gasteiger partial charge on any atom is 0.168 e. The smallest absolute Gasteiger partial charge is 0.168 e. The third-order valence-electron chi connectivity index (χ3n) is 2.73. The summed E-state index contributed by atoms with van der Waals surface area (Å²) in [6, 6.07) is 7.71. The van der Waals surface area contributed by atoms with Crippen molar-refractivity contribution in [2.45, 2.75) is 26.3 Å². The Labute approximate surface area is 127 Å². The van der Waals surface area contributed by atoms with Crippen LogP contribution < -0.4 is 10.1 Å². The van der Waals surface area contributed by atoms with Crippen LogP contribution >= 0.6 is 15.9 Å². The first-order valence-corrected chi connectivity index (χ1v) is 7.33. The molecular weight excluding hydrogens is 318 g/mol. The Bertz CT molecular complexity index is 587. The van der Waals surface area contributed by atoms with E-state index in [1.165, 1.54) is 0 Å². The van der Waals surface area contributed by atoms with Gasteiger partial charge in [0.2, 0.25) is 0 Å². The molecule has 1 aromatic carbocycles. The van der Waals surface area contributed by atoms with E-state index < -0.39 is 0 Å². The lowest BCUT2D eigenvalue weighted by molar-refractivity contribution is 0.464. The molecule has 1 aromatic heterocycles. The van der Waals surface area contributed by atoms with Crippen LogP contribution in [0.1, 0.15) is 31.3 Å². The highest BCUT2D eigenvalue weighted by Gasteiger charge is 2.11. The SMILES string of the molecule is CNCc1nc(C(C)C)ncc1Oc1cccc(Br)c1. The lowest BCUT2D eigenvalue weighted by Gasteiger charge is -2.12. The van der Waals surface area contributed by atoms with Gasteiger partial charge < -0.3 is 10.1 Å². The van der Waals surface area contributed by atoms with Crippen molar-refractivity contribution in [2.75, 3.05) is 7.05 Å². The van der Waals surface area contributed by atoms with Crippen molar-refractivity contribution in [1.29, 1.82) is 0 Å². The van der Waals surface area contributed by atoms with Gasteiger partial charge in [-0.3, -0.25) is 0 Å². The summed E-state index contributed by atoms with van der Waals surface area (Å²) in [4.78, 5) is 8.93.